The summed E-state index contributed by atoms with van der Waals surface area (Å²) in [5.74, 6) is 0.817. The smallest absolute Gasteiger partial charge is 0.212 e. The van der Waals surface area contributed by atoms with Crippen molar-refractivity contribution < 1.29 is 8.42 Å². The van der Waals surface area contributed by atoms with Gasteiger partial charge in [-0.15, -0.1) is 11.6 Å². The van der Waals surface area contributed by atoms with Gasteiger partial charge in [0.05, 0.1) is 5.75 Å². The molecule has 1 rings (SSSR count). The second kappa shape index (κ2) is 4.81. The van der Waals surface area contributed by atoms with Gasteiger partial charge in [0.1, 0.15) is 0 Å². The van der Waals surface area contributed by atoms with Gasteiger partial charge in [-0.2, -0.15) is 4.31 Å². The molecule has 1 aliphatic rings. The molecular formula is C9H18ClNO2S. The largest absolute Gasteiger partial charge is 0.215 e. The molecule has 0 saturated heterocycles. The van der Waals surface area contributed by atoms with E-state index < -0.39 is 10.0 Å². The van der Waals surface area contributed by atoms with Gasteiger partial charge in [-0.1, -0.05) is 0 Å². The standard InChI is InChI=1S/C9H18ClNO2S/c1-8(2)11(7-9-3-4-9)14(12,13)6-5-10/h8-9H,3-7H2,1-2H3. The molecule has 0 spiro atoms. The number of nitrogens with zero attached hydrogens (tertiary/aromatic N) is 1. The summed E-state index contributed by atoms with van der Waals surface area (Å²) < 4.78 is 25.1. The van der Waals surface area contributed by atoms with Crippen molar-refractivity contribution in [2.24, 2.45) is 5.92 Å². The molecule has 3 nitrogen and oxygen atoms in total. The first kappa shape index (κ1) is 12.3. The molecule has 1 aliphatic carbocycles. The van der Waals surface area contributed by atoms with Crippen molar-refractivity contribution >= 4 is 21.6 Å². The molecule has 0 radical (unpaired) electrons. The van der Waals surface area contributed by atoms with Gasteiger partial charge >= 0.3 is 0 Å². The topological polar surface area (TPSA) is 37.4 Å². The summed E-state index contributed by atoms with van der Waals surface area (Å²) in [6, 6.07) is 0.0452. The van der Waals surface area contributed by atoms with E-state index in [1.165, 1.54) is 12.8 Å². The van der Waals surface area contributed by atoms with Crippen molar-refractivity contribution in [3.8, 4) is 0 Å². The van der Waals surface area contributed by atoms with Gasteiger partial charge in [-0.05, 0) is 32.6 Å². The number of alkyl halides is 1. The van der Waals surface area contributed by atoms with E-state index in [-0.39, 0.29) is 17.7 Å². The molecule has 0 bridgehead atoms. The maximum absolute atomic E-state index is 11.8. The number of rotatable bonds is 6. The minimum Gasteiger partial charge on any atom is -0.212 e. The van der Waals surface area contributed by atoms with E-state index in [0.29, 0.717) is 12.5 Å². The van der Waals surface area contributed by atoms with Gasteiger partial charge in [0.2, 0.25) is 10.0 Å². The Balaban J connectivity index is 2.64. The molecule has 0 aromatic heterocycles. The van der Waals surface area contributed by atoms with Crippen molar-refractivity contribution in [2.75, 3.05) is 18.2 Å². The van der Waals surface area contributed by atoms with Crippen molar-refractivity contribution in [2.45, 2.75) is 32.7 Å². The van der Waals surface area contributed by atoms with Crippen LogP contribution in [0.1, 0.15) is 26.7 Å². The third-order valence-corrected chi connectivity index (χ3v) is 4.82. The minimum absolute atomic E-state index is 0.0452. The quantitative estimate of drug-likeness (QED) is 0.662. The highest BCUT2D eigenvalue weighted by molar-refractivity contribution is 7.89. The summed E-state index contributed by atoms with van der Waals surface area (Å²) in [7, 11) is -3.13. The molecule has 1 saturated carbocycles. The van der Waals surface area contributed by atoms with E-state index in [4.69, 9.17) is 11.6 Å². The normalized spacial score (nSPS) is 18.1. The maximum atomic E-state index is 11.8. The van der Waals surface area contributed by atoms with Crippen molar-refractivity contribution in [3.63, 3.8) is 0 Å². The second-order valence-electron chi connectivity index (χ2n) is 4.11. The van der Waals surface area contributed by atoms with Crippen LogP contribution in [0.4, 0.5) is 0 Å². The van der Waals surface area contributed by atoms with E-state index in [2.05, 4.69) is 0 Å². The van der Waals surface area contributed by atoms with Crippen LogP contribution in [0, 0.1) is 5.92 Å². The Morgan fingerprint density at radius 2 is 2.00 bits per heavy atom. The minimum atomic E-state index is -3.13. The van der Waals surface area contributed by atoms with Gasteiger partial charge in [0.15, 0.2) is 0 Å². The van der Waals surface area contributed by atoms with E-state index in [0.717, 1.165) is 0 Å². The molecule has 0 aromatic carbocycles. The Hall–Kier alpha value is 0.200. The number of halogens is 1. The van der Waals surface area contributed by atoms with Crippen molar-refractivity contribution in [1.82, 2.24) is 4.31 Å². The molecule has 0 unspecified atom stereocenters. The first-order valence-electron chi connectivity index (χ1n) is 5.03. The zero-order valence-corrected chi connectivity index (χ0v) is 10.3. The summed E-state index contributed by atoms with van der Waals surface area (Å²) in [6.45, 7) is 4.50. The zero-order valence-electron chi connectivity index (χ0n) is 8.74. The molecule has 5 heteroatoms. The molecule has 84 valence electrons. The molecule has 0 heterocycles. The average Bonchev–Trinajstić information content (AvgIpc) is 2.81. The van der Waals surface area contributed by atoms with Crippen LogP contribution in [0.25, 0.3) is 0 Å². The van der Waals surface area contributed by atoms with E-state index in [1.807, 2.05) is 13.8 Å². The summed E-state index contributed by atoms with van der Waals surface area (Å²) >= 11 is 5.48. The third-order valence-electron chi connectivity index (χ3n) is 2.40. The summed E-state index contributed by atoms with van der Waals surface area (Å²) in [5, 5.41) is 0. The predicted octanol–water partition coefficient (Wildman–Crippen LogP) is 1.68. The molecular weight excluding hydrogens is 222 g/mol. The fraction of sp³-hybridized carbons (Fsp3) is 1.00. The first-order valence-corrected chi connectivity index (χ1v) is 7.17. The Bertz CT molecular complexity index is 273. The molecule has 0 amide bonds. The lowest BCUT2D eigenvalue weighted by Gasteiger charge is -2.25. The Labute approximate surface area is 91.5 Å². The third kappa shape index (κ3) is 3.41. The average molecular weight is 240 g/mol. The van der Waals surface area contributed by atoms with E-state index >= 15 is 0 Å². The second-order valence-corrected chi connectivity index (χ2v) is 6.53. The highest BCUT2D eigenvalue weighted by Crippen LogP contribution is 2.31. The number of hydrogen-bond acceptors (Lipinski definition) is 2. The van der Waals surface area contributed by atoms with Crippen LogP contribution < -0.4 is 0 Å². The lowest BCUT2D eigenvalue weighted by atomic mass is 10.3. The first-order chi connectivity index (χ1) is 6.47. The van der Waals surface area contributed by atoms with Gasteiger partial charge < -0.3 is 0 Å². The Morgan fingerprint density at radius 1 is 1.43 bits per heavy atom. The van der Waals surface area contributed by atoms with Crippen molar-refractivity contribution in [1.29, 1.82) is 0 Å². The monoisotopic (exact) mass is 239 g/mol. The lowest BCUT2D eigenvalue weighted by molar-refractivity contribution is 0.342. The highest BCUT2D eigenvalue weighted by Gasteiger charge is 2.31. The van der Waals surface area contributed by atoms with E-state index in [1.54, 1.807) is 4.31 Å². The van der Waals surface area contributed by atoms with Gasteiger partial charge in [0.25, 0.3) is 0 Å². The maximum Gasteiger partial charge on any atom is 0.215 e. The van der Waals surface area contributed by atoms with Crippen LogP contribution in [0.15, 0.2) is 0 Å². The number of hydrogen-bond donors (Lipinski definition) is 0. The van der Waals surface area contributed by atoms with E-state index in [9.17, 15) is 8.42 Å². The molecule has 0 aliphatic heterocycles. The van der Waals surface area contributed by atoms with Crippen LogP contribution in [0.3, 0.4) is 0 Å². The van der Waals surface area contributed by atoms with Crippen molar-refractivity contribution in [3.05, 3.63) is 0 Å². The highest BCUT2D eigenvalue weighted by atomic mass is 35.5. The predicted molar refractivity (Wildman–Crippen MR) is 59.1 cm³/mol. The molecule has 0 aromatic rings. The Morgan fingerprint density at radius 3 is 2.36 bits per heavy atom. The lowest BCUT2D eigenvalue weighted by Crippen LogP contribution is -2.40. The fourth-order valence-corrected chi connectivity index (χ4v) is 3.51. The number of sulfonamides is 1. The van der Waals surface area contributed by atoms with Crippen LogP contribution in [0.2, 0.25) is 0 Å². The Kier molecular flexibility index (Phi) is 4.22. The van der Waals surface area contributed by atoms with Gasteiger partial charge in [0, 0.05) is 18.5 Å². The molecule has 0 N–H and O–H groups in total. The molecule has 0 atom stereocenters. The zero-order chi connectivity index (χ0) is 10.8. The SMILES string of the molecule is CC(C)N(CC1CC1)S(=O)(=O)CCCl. The summed E-state index contributed by atoms with van der Waals surface area (Å²) in [4.78, 5) is 0. The van der Waals surface area contributed by atoms with Crippen LogP contribution >= 0.6 is 11.6 Å². The van der Waals surface area contributed by atoms with Crippen LogP contribution in [-0.2, 0) is 10.0 Å². The fourth-order valence-electron chi connectivity index (χ4n) is 1.42. The van der Waals surface area contributed by atoms with Crippen LogP contribution in [0.5, 0.6) is 0 Å². The molecule has 1 fully saturated rings. The molecule has 14 heavy (non-hydrogen) atoms. The summed E-state index contributed by atoms with van der Waals surface area (Å²) in [6.07, 6.45) is 2.33. The summed E-state index contributed by atoms with van der Waals surface area (Å²) in [5.41, 5.74) is 0. The van der Waals surface area contributed by atoms with Crippen LogP contribution in [-0.4, -0.2) is 36.9 Å². The van der Waals surface area contributed by atoms with Gasteiger partial charge in [-0.3, -0.25) is 0 Å². The van der Waals surface area contributed by atoms with Gasteiger partial charge in [-0.25, -0.2) is 8.42 Å².